The van der Waals surface area contributed by atoms with E-state index in [1.54, 1.807) is 35.4 Å². The Kier molecular flexibility index (Phi) is 7.48. The molecule has 2 heterocycles. The fourth-order valence-electron chi connectivity index (χ4n) is 4.21. The molecule has 2 aromatic carbocycles. The van der Waals surface area contributed by atoms with Crippen LogP contribution in [-0.4, -0.2) is 34.8 Å². The molecule has 1 aromatic heterocycles. The van der Waals surface area contributed by atoms with Crippen molar-refractivity contribution in [3.05, 3.63) is 88.1 Å². The van der Waals surface area contributed by atoms with Gasteiger partial charge in [0.05, 0.1) is 5.92 Å². The number of nitrogens with zero attached hydrogens (tertiary/aromatic N) is 2. The van der Waals surface area contributed by atoms with E-state index in [2.05, 4.69) is 16.4 Å². The number of nitrogens with one attached hydrogen (secondary N) is 1. The normalized spacial score (nSPS) is 15.6. The summed E-state index contributed by atoms with van der Waals surface area (Å²) in [6, 6.07) is 16.5. The third-order valence-electron chi connectivity index (χ3n) is 5.85. The molecule has 34 heavy (non-hydrogen) atoms. The molecule has 7 heteroatoms. The minimum atomic E-state index is -0.238. The largest absolute Gasteiger partial charge is 0.439 e. The van der Waals surface area contributed by atoms with Crippen molar-refractivity contribution in [2.24, 2.45) is 5.92 Å². The van der Waals surface area contributed by atoms with Gasteiger partial charge in [-0.15, -0.1) is 0 Å². The first-order valence-electron chi connectivity index (χ1n) is 11.4. The third-order valence-corrected chi connectivity index (χ3v) is 6.11. The molecule has 176 valence electrons. The summed E-state index contributed by atoms with van der Waals surface area (Å²) >= 11 is 5.93. The van der Waals surface area contributed by atoms with Crippen molar-refractivity contribution >= 4 is 23.4 Å². The molecule has 6 nitrogen and oxygen atoms in total. The first kappa shape index (κ1) is 23.8. The van der Waals surface area contributed by atoms with Crippen molar-refractivity contribution < 1.29 is 14.3 Å². The number of halogens is 1. The summed E-state index contributed by atoms with van der Waals surface area (Å²) < 4.78 is 5.92. The van der Waals surface area contributed by atoms with Gasteiger partial charge in [-0.1, -0.05) is 17.7 Å². The van der Waals surface area contributed by atoms with Gasteiger partial charge < -0.3 is 15.0 Å². The number of ether oxygens (including phenoxy) is 1. The van der Waals surface area contributed by atoms with Gasteiger partial charge in [0.15, 0.2) is 0 Å². The molecule has 2 amide bonds. The van der Waals surface area contributed by atoms with E-state index in [-0.39, 0.29) is 17.7 Å². The first-order chi connectivity index (χ1) is 16.4. The number of carbonyl (C=O) groups is 2. The van der Waals surface area contributed by atoms with E-state index in [1.165, 1.54) is 0 Å². The molecule has 0 saturated carbocycles. The lowest BCUT2D eigenvalue weighted by Gasteiger charge is -2.32. The van der Waals surface area contributed by atoms with Crippen LogP contribution in [0.3, 0.4) is 0 Å². The molecular formula is C27H28ClN3O3. The van der Waals surface area contributed by atoms with Gasteiger partial charge in [-0.3, -0.25) is 9.59 Å². The van der Waals surface area contributed by atoms with Crippen LogP contribution in [0.25, 0.3) is 0 Å². The van der Waals surface area contributed by atoms with Crippen LogP contribution in [-0.2, 0) is 11.3 Å². The predicted octanol–water partition coefficient (Wildman–Crippen LogP) is 5.31. The maximum atomic E-state index is 12.9. The van der Waals surface area contributed by atoms with Crippen molar-refractivity contribution in [2.75, 3.05) is 13.1 Å². The van der Waals surface area contributed by atoms with Crippen LogP contribution in [0.15, 0.2) is 60.8 Å². The van der Waals surface area contributed by atoms with Gasteiger partial charge in [-0.2, -0.15) is 0 Å². The second-order valence-electron chi connectivity index (χ2n) is 8.74. The summed E-state index contributed by atoms with van der Waals surface area (Å²) in [5, 5.41) is 3.60. The van der Waals surface area contributed by atoms with E-state index >= 15 is 0 Å². The zero-order chi connectivity index (χ0) is 24.1. The van der Waals surface area contributed by atoms with Crippen LogP contribution in [0.5, 0.6) is 11.6 Å². The van der Waals surface area contributed by atoms with E-state index in [4.69, 9.17) is 16.3 Å². The van der Waals surface area contributed by atoms with Crippen LogP contribution < -0.4 is 10.1 Å². The number of piperidine rings is 1. The van der Waals surface area contributed by atoms with E-state index in [0.717, 1.165) is 35.3 Å². The van der Waals surface area contributed by atoms with Crippen LogP contribution in [0.1, 0.15) is 39.9 Å². The molecule has 0 radical (unpaired) electrons. The maximum Gasteiger partial charge on any atom is 0.253 e. The topological polar surface area (TPSA) is 71.5 Å². The third kappa shape index (κ3) is 6.14. The zero-order valence-electron chi connectivity index (χ0n) is 19.4. The second kappa shape index (κ2) is 10.7. The Hall–Kier alpha value is -3.38. The van der Waals surface area contributed by atoms with Gasteiger partial charge in [-0.05, 0) is 85.8 Å². The average molecular weight is 478 g/mol. The molecule has 1 aliphatic heterocycles. The molecular weight excluding hydrogens is 450 g/mol. The number of hydrogen-bond acceptors (Lipinski definition) is 4. The van der Waals surface area contributed by atoms with Crippen LogP contribution in [0.2, 0.25) is 5.02 Å². The quantitative estimate of drug-likeness (QED) is 0.522. The van der Waals surface area contributed by atoms with Crippen molar-refractivity contribution in [2.45, 2.75) is 33.2 Å². The average Bonchev–Trinajstić information content (AvgIpc) is 2.82. The predicted molar refractivity (Wildman–Crippen MR) is 132 cm³/mol. The monoisotopic (exact) mass is 477 g/mol. The Morgan fingerprint density at radius 3 is 2.56 bits per heavy atom. The number of likely N-dealkylation sites (tertiary alicyclic amines) is 1. The van der Waals surface area contributed by atoms with Crippen molar-refractivity contribution in [1.82, 2.24) is 15.2 Å². The van der Waals surface area contributed by atoms with Gasteiger partial charge >= 0.3 is 0 Å². The van der Waals surface area contributed by atoms with E-state index < -0.39 is 0 Å². The number of aromatic nitrogens is 1. The van der Waals surface area contributed by atoms with E-state index in [9.17, 15) is 9.59 Å². The first-order valence-corrected chi connectivity index (χ1v) is 11.8. The molecule has 0 bridgehead atoms. The van der Waals surface area contributed by atoms with Gasteiger partial charge in [0.1, 0.15) is 5.75 Å². The number of rotatable bonds is 6. The lowest BCUT2D eigenvalue weighted by atomic mass is 9.96. The fraction of sp³-hybridized carbons (Fsp3) is 0.296. The molecule has 1 atom stereocenters. The van der Waals surface area contributed by atoms with Gasteiger partial charge in [-0.25, -0.2) is 4.98 Å². The molecule has 0 spiro atoms. The highest BCUT2D eigenvalue weighted by molar-refractivity contribution is 6.30. The summed E-state index contributed by atoms with van der Waals surface area (Å²) in [5.41, 5.74) is 3.72. The summed E-state index contributed by atoms with van der Waals surface area (Å²) in [7, 11) is 0. The van der Waals surface area contributed by atoms with Gasteiger partial charge in [0.25, 0.3) is 5.91 Å². The standard InChI is InChI=1S/C27H28ClN3O3/c1-18-12-19(2)14-24(13-18)34-25-15-20(9-10-29-25)16-30-26(32)22-4-3-11-31(17-22)27(33)21-5-7-23(28)8-6-21/h5-10,12-15,22H,3-4,11,16-17H2,1-2H3,(H,30,32)/t22-/m0/s1. The van der Waals surface area contributed by atoms with Crippen LogP contribution in [0.4, 0.5) is 0 Å². The van der Waals surface area contributed by atoms with Gasteiger partial charge in [0.2, 0.25) is 11.8 Å². The Bertz CT molecular complexity index is 1160. The molecule has 0 unspecified atom stereocenters. The Labute approximate surface area is 204 Å². The van der Waals surface area contributed by atoms with Crippen LogP contribution in [0, 0.1) is 19.8 Å². The molecule has 1 saturated heterocycles. The lowest BCUT2D eigenvalue weighted by molar-refractivity contribution is -0.126. The Balaban J connectivity index is 1.33. The van der Waals surface area contributed by atoms with Crippen LogP contribution >= 0.6 is 11.6 Å². The fourth-order valence-corrected chi connectivity index (χ4v) is 4.34. The maximum absolute atomic E-state index is 12.9. The SMILES string of the molecule is Cc1cc(C)cc(Oc2cc(CNC(=O)[C@H]3CCCN(C(=O)c4ccc(Cl)cc4)C3)ccn2)c1. The Morgan fingerprint density at radius 1 is 1.09 bits per heavy atom. The highest BCUT2D eigenvalue weighted by Gasteiger charge is 2.28. The molecule has 1 fully saturated rings. The number of hydrogen-bond donors (Lipinski definition) is 1. The molecule has 1 aliphatic rings. The number of amides is 2. The highest BCUT2D eigenvalue weighted by atomic mass is 35.5. The van der Waals surface area contributed by atoms with Crippen molar-refractivity contribution in [3.63, 3.8) is 0 Å². The summed E-state index contributed by atoms with van der Waals surface area (Å²) in [6.07, 6.45) is 3.22. The second-order valence-corrected chi connectivity index (χ2v) is 9.18. The zero-order valence-corrected chi connectivity index (χ0v) is 20.1. The minimum absolute atomic E-state index is 0.0535. The number of aryl methyl sites for hydroxylation is 2. The smallest absolute Gasteiger partial charge is 0.253 e. The molecule has 0 aliphatic carbocycles. The van der Waals surface area contributed by atoms with Crippen molar-refractivity contribution in [1.29, 1.82) is 0 Å². The van der Waals surface area contributed by atoms with E-state index in [1.807, 2.05) is 38.1 Å². The summed E-state index contributed by atoms with van der Waals surface area (Å²) in [4.78, 5) is 31.7. The molecule has 1 N–H and O–H groups in total. The molecule has 3 aromatic rings. The van der Waals surface area contributed by atoms with E-state index in [0.29, 0.717) is 36.1 Å². The van der Waals surface area contributed by atoms with Gasteiger partial charge in [0, 0.05) is 42.5 Å². The Morgan fingerprint density at radius 2 is 1.82 bits per heavy atom. The molecule has 4 rings (SSSR count). The van der Waals surface area contributed by atoms with Crippen molar-refractivity contribution in [3.8, 4) is 11.6 Å². The number of benzene rings is 2. The highest BCUT2D eigenvalue weighted by Crippen LogP contribution is 2.23. The minimum Gasteiger partial charge on any atom is -0.439 e. The lowest BCUT2D eigenvalue weighted by Crippen LogP contribution is -2.45. The summed E-state index contributed by atoms with van der Waals surface area (Å²) in [6.45, 7) is 5.47. The number of pyridine rings is 1. The summed E-state index contributed by atoms with van der Waals surface area (Å²) in [5.74, 6) is 0.851. The number of carbonyl (C=O) groups excluding carboxylic acids is 2.